The number of hydrazine groups is 1. The maximum atomic E-state index is 12.9. The van der Waals surface area contributed by atoms with Crippen LogP contribution in [0.4, 0.5) is 24.8 Å². The zero-order chi connectivity index (χ0) is 26.4. The largest absolute Gasteiger partial charge is 0.416 e. The number of hydrogen-bond donors (Lipinski definition) is 3. The smallest absolute Gasteiger partial charge is 0.324 e. The maximum Gasteiger partial charge on any atom is 0.416 e. The molecule has 0 spiro atoms. The van der Waals surface area contributed by atoms with E-state index in [4.69, 9.17) is 0 Å². The number of anilines is 2. The highest BCUT2D eigenvalue weighted by molar-refractivity contribution is 5.96. The van der Waals surface area contributed by atoms with Crippen molar-refractivity contribution >= 4 is 23.5 Å². The Hall–Kier alpha value is -4.80. The van der Waals surface area contributed by atoms with Crippen LogP contribution in [-0.4, -0.2) is 26.8 Å². The van der Waals surface area contributed by atoms with Crippen molar-refractivity contribution in [2.24, 2.45) is 0 Å². The summed E-state index contributed by atoms with van der Waals surface area (Å²) in [6.45, 7) is 1.84. The molecule has 4 aromatic rings. The number of nitrogens with zero attached hydrogens (tertiary/aromatic N) is 3. The van der Waals surface area contributed by atoms with Gasteiger partial charge in [-0.25, -0.2) is 9.97 Å². The van der Waals surface area contributed by atoms with Crippen LogP contribution in [-0.2, 0) is 17.4 Å². The minimum Gasteiger partial charge on any atom is -0.324 e. The summed E-state index contributed by atoms with van der Waals surface area (Å²) < 4.78 is 38.6. The first kappa shape index (κ1) is 25.3. The van der Waals surface area contributed by atoms with Gasteiger partial charge in [0.2, 0.25) is 11.9 Å². The highest BCUT2D eigenvalue weighted by Gasteiger charge is 2.30. The minimum absolute atomic E-state index is 0.164. The average molecular weight is 506 g/mol. The van der Waals surface area contributed by atoms with E-state index in [1.807, 2.05) is 13.0 Å². The van der Waals surface area contributed by atoms with E-state index in [2.05, 4.69) is 31.1 Å². The van der Waals surface area contributed by atoms with Gasteiger partial charge in [0, 0.05) is 35.4 Å². The number of carbonyl (C=O) groups is 2. The Balaban J connectivity index is 1.40. The predicted octanol–water partition coefficient (Wildman–Crippen LogP) is 4.61. The summed E-state index contributed by atoms with van der Waals surface area (Å²) in [5.74, 6) is -0.958. The monoisotopic (exact) mass is 506 g/mol. The van der Waals surface area contributed by atoms with Gasteiger partial charge in [-0.05, 0) is 54.4 Å². The topological polar surface area (TPSA) is 109 Å². The van der Waals surface area contributed by atoms with E-state index in [-0.39, 0.29) is 17.5 Å². The average Bonchev–Trinajstić information content (AvgIpc) is 2.89. The first-order chi connectivity index (χ1) is 17.7. The van der Waals surface area contributed by atoms with E-state index in [0.717, 1.165) is 23.3 Å². The molecule has 37 heavy (non-hydrogen) atoms. The van der Waals surface area contributed by atoms with Gasteiger partial charge in [-0.1, -0.05) is 24.3 Å². The van der Waals surface area contributed by atoms with Gasteiger partial charge >= 0.3 is 6.18 Å². The van der Waals surface area contributed by atoms with Gasteiger partial charge in [-0.15, -0.1) is 0 Å². The van der Waals surface area contributed by atoms with E-state index in [1.54, 1.807) is 48.9 Å². The molecule has 2 aromatic carbocycles. The maximum absolute atomic E-state index is 12.9. The SMILES string of the molecule is Cc1ccc(C(=O)NNC(=O)Cc2cccc(C(F)(F)F)c2)cc1Nc1nccc(-c2cccnc2)n1. The summed E-state index contributed by atoms with van der Waals surface area (Å²) in [4.78, 5) is 37.6. The summed E-state index contributed by atoms with van der Waals surface area (Å²) in [6, 6.07) is 14.7. The van der Waals surface area contributed by atoms with Crippen molar-refractivity contribution in [1.29, 1.82) is 0 Å². The van der Waals surface area contributed by atoms with Crippen LogP contribution in [0.5, 0.6) is 0 Å². The van der Waals surface area contributed by atoms with Gasteiger partial charge in [0.1, 0.15) is 0 Å². The normalized spacial score (nSPS) is 11.0. The number of benzene rings is 2. The van der Waals surface area contributed by atoms with Crippen LogP contribution in [0.2, 0.25) is 0 Å². The molecule has 0 radical (unpaired) electrons. The lowest BCUT2D eigenvalue weighted by atomic mass is 10.1. The molecule has 0 fully saturated rings. The van der Waals surface area contributed by atoms with Crippen molar-refractivity contribution in [2.75, 3.05) is 5.32 Å². The van der Waals surface area contributed by atoms with Crippen molar-refractivity contribution in [2.45, 2.75) is 19.5 Å². The Morgan fingerprint density at radius 3 is 2.54 bits per heavy atom. The number of pyridine rings is 1. The summed E-state index contributed by atoms with van der Waals surface area (Å²) in [5, 5.41) is 3.09. The van der Waals surface area contributed by atoms with Crippen LogP contribution in [0.15, 0.2) is 79.3 Å². The zero-order valence-electron chi connectivity index (χ0n) is 19.5. The molecule has 3 N–H and O–H groups in total. The molecule has 188 valence electrons. The number of aryl methyl sites for hydroxylation is 1. The second-order valence-electron chi connectivity index (χ2n) is 8.04. The van der Waals surface area contributed by atoms with Crippen LogP contribution in [0.25, 0.3) is 11.3 Å². The van der Waals surface area contributed by atoms with Crippen LogP contribution in [0.1, 0.15) is 27.0 Å². The predicted molar refractivity (Wildman–Crippen MR) is 130 cm³/mol. The standard InChI is InChI=1S/C26H21F3N6O2/c1-16-7-8-18(14-22(16)33-25-31-11-9-21(32-25)19-5-3-10-30-15-19)24(37)35-34-23(36)13-17-4-2-6-20(12-17)26(27,28)29/h2-12,14-15H,13H2,1H3,(H,34,36)(H,35,37)(H,31,32,33). The lowest BCUT2D eigenvalue weighted by molar-refractivity contribution is -0.137. The molecule has 0 saturated carbocycles. The molecule has 11 heteroatoms. The van der Waals surface area contributed by atoms with E-state index >= 15 is 0 Å². The van der Waals surface area contributed by atoms with Crippen molar-refractivity contribution < 1.29 is 22.8 Å². The lowest BCUT2D eigenvalue weighted by Gasteiger charge is -2.12. The van der Waals surface area contributed by atoms with Gasteiger partial charge in [0.15, 0.2) is 0 Å². The molecule has 8 nitrogen and oxygen atoms in total. The molecule has 0 saturated heterocycles. The number of carbonyl (C=O) groups excluding carboxylic acids is 2. The summed E-state index contributed by atoms with van der Waals surface area (Å²) in [7, 11) is 0. The third kappa shape index (κ3) is 6.66. The Kier molecular flexibility index (Phi) is 7.42. The number of aromatic nitrogens is 3. The number of hydrogen-bond acceptors (Lipinski definition) is 6. The van der Waals surface area contributed by atoms with Gasteiger partial charge < -0.3 is 5.32 Å². The molecule has 0 aliphatic heterocycles. The van der Waals surface area contributed by atoms with Crippen molar-refractivity contribution in [1.82, 2.24) is 25.8 Å². The molecule has 4 rings (SSSR count). The van der Waals surface area contributed by atoms with Crippen molar-refractivity contribution in [3.05, 3.63) is 102 Å². The third-order valence-electron chi connectivity index (χ3n) is 5.29. The molecular formula is C26H21F3N6O2. The minimum atomic E-state index is -4.51. The highest BCUT2D eigenvalue weighted by atomic mass is 19.4. The summed E-state index contributed by atoms with van der Waals surface area (Å²) >= 11 is 0. The number of halogens is 3. The Labute approximate surface area is 210 Å². The molecule has 2 amide bonds. The van der Waals surface area contributed by atoms with Gasteiger partial charge in [0.05, 0.1) is 17.7 Å². The summed E-state index contributed by atoms with van der Waals surface area (Å²) in [5.41, 5.74) is 6.93. The number of amides is 2. The van der Waals surface area contributed by atoms with Crippen molar-refractivity contribution in [3.8, 4) is 11.3 Å². The first-order valence-corrected chi connectivity index (χ1v) is 11.1. The molecule has 0 aliphatic rings. The second kappa shape index (κ2) is 10.9. The zero-order valence-corrected chi connectivity index (χ0v) is 19.5. The molecule has 0 bridgehead atoms. The van der Waals surface area contributed by atoms with Crippen LogP contribution in [0.3, 0.4) is 0 Å². The van der Waals surface area contributed by atoms with E-state index in [1.165, 1.54) is 12.1 Å². The lowest BCUT2D eigenvalue weighted by Crippen LogP contribution is -2.42. The van der Waals surface area contributed by atoms with E-state index < -0.39 is 23.6 Å². The number of rotatable bonds is 6. The molecule has 0 atom stereocenters. The summed E-state index contributed by atoms with van der Waals surface area (Å²) in [6.07, 6.45) is 0.100. The van der Waals surface area contributed by atoms with E-state index in [9.17, 15) is 22.8 Å². The van der Waals surface area contributed by atoms with Gasteiger partial charge in [0.25, 0.3) is 5.91 Å². The highest BCUT2D eigenvalue weighted by Crippen LogP contribution is 2.29. The van der Waals surface area contributed by atoms with Gasteiger partial charge in [-0.2, -0.15) is 13.2 Å². The fourth-order valence-corrected chi connectivity index (χ4v) is 3.40. The van der Waals surface area contributed by atoms with Crippen LogP contribution in [0, 0.1) is 6.92 Å². The molecule has 2 heterocycles. The van der Waals surface area contributed by atoms with E-state index in [0.29, 0.717) is 17.3 Å². The Morgan fingerprint density at radius 2 is 1.78 bits per heavy atom. The molecule has 2 aromatic heterocycles. The first-order valence-electron chi connectivity index (χ1n) is 11.1. The molecule has 0 unspecified atom stereocenters. The van der Waals surface area contributed by atoms with Crippen LogP contribution >= 0.6 is 0 Å². The quantitative estimate of drug-likeness (QED) is 0.330. The number of alkyl halides is 3. The van der Waals surface area contributed by atoms with Gasteiger partial charge in [-0.3, -0.25) is 25.4 Å². The Bertz CT molecular complexity index is 1430. The number of nitrogens with one attached hydrogen (secondary N) is 3. The molecular weight excluding hydrogens is 485 g/mol. The second-order valence-corrected chi connectivity index (χ2v) is 8.04. The van der Waals surface area contributed by atoms with Crippen LogP contribution < -0.4 is 16.2 Å². The van der Waals surface area contributed by atoms with Crippen molar-refractivity contribution in [3.63, 3.8) is 0 Å². The molecule has 0 aliphatic carbocycles. The Morgan fingerprint density at radius 1 is 0.946 bits per heavy atom. The fourth-order valence-electron chi connectivity index (χ4n) is 3.40. The third-order valence-corrected chi connectivity index (χ3v) is 5.29. The fraction of sp³-hybridized carbons (Fsp3) is 0.115.